The molecule has 216 valence electrons. The van der Waals surface area contributed by atoms with Gasteiger partial charge in [-0.2, -0.15) is 0 Å². The molecule has 2 aromatic carbocycles. The maximum atomic E-state index is 13.0. The molecule has 1 amide bonds. The summed E-state index contributed by atoms with van der Waals surface area (Å²) in [5.74, 6) is 1.65. The number of hydrogen-bond donors (Lipinski definition) is 1. The summed E-state index contributed by atoms with van der Waals surface area (Å²) >= 11 is 1.68. The minimum absolute atomic E-state index is 0.00810. The number of rotatable bonds is 5. The molecule has 41 heavy (non-hydrogen) atoms. The fourth-order valence-corrected chi connectivity index (χ4v) is 6.98. The largest absolute Gasteiger partial charge is 0.440 e. The zero-order valence-corrected chi connectivity index (χ0v) is 24.5. The van der Waals surface area contributed by atoms with Gasteiger partial charge >= 0.3 is 0 Å². The molecule has 3 aliphatic rings. The van der Waals surface area contributed by atoms with E-state index in [2.05, 4.69) is 47.2 Å². The number of hydrogen-bond acceptors (Lipinski definition) is 8. The van der Waals surface area contributed by atoms with Crippen molar-refractivity contribution in [2.75, 3.05) is 62.8 Å². The average Bonchev–Trinajstić information content (AvgIpc) is 2.95. The van der Waals surface area contributed by atoms with Crippen LogP contribution in [0, 0.1) is 5.92 Å². The first-order chi connectivity index (χ1) is 19.9. The van der Waals surface area contributed by atoms with Gasteiger partial charge in [-0.25, -0.2) is 0 Å². The lowest BCUT2D eigenvalue weighted by Crippen LogP contribution is -2.42. The Hall–Kier alpha value is -3.11. The summed E-state index contributed by atoms with van der Waals surface area (Å²) in [6, 6.07) is 15.4. The number of morpholine rings is 1. The van der Waals surface area contributed by atoms with E-state index < -0.39 is 0 Å². The summed E-state index contributed by atoms with van der Waals surface area (Å²) in [6.07, 6.45) is 1.87. The van der Waals surface area contributed by atoms with Crippen LogP contribution in [0.3, 0.4) is 0 Å². The second kappa shape index (κ2) is 12.4. The molecule has 8 nitrogen and oxygen atoms in total. The number of benzene rings is 2. The molecule has 6 rings (SSSR count). The molecule has 9 heteroatoms. The molecule has 2 atom stereocenters. The topological polar surface area (TPSA) is 84.3 Å². The first kappa shape index (κ1) is 28.0. The van der Waals surface area contributed by atoms with Gasteiger partial charge in [0.05, 0.1) is 25.9 Å². The van der Waals surface area contributed by atoms with Gasteiger partial charge in [-0.05, 0) is 55.0 Å². The molecule has 0 bridgehead atoms. The highest BCUT2D eigenvalue weighted by Gasteiger charge is 2.24. The van der Waals surface area contributed by atoms with Crippen LogP contribution in [0.15, 0.2) is 67.5 Å². The zero-order chi connectivity index (χ0) is 28.3. The summed E-state index contributed by atoms with van der Waals surface area (Å²) in [6.45, 7) is 9.72. The molecular formula is C32H37N3O5S. The molecule has 1 aromatic heterocycles. The Morgan fingerprint density at radius 3 is 2.73 bits per heavy atom. The monoisotopic (exact) mass is 575 g/mol. The minimum atomic E-state index is -0.0703. The first-order valence-electron chi connectivity index (χ1n) is 14.5. The highest BCUT2D eigenvalue weighted by atomic mass is 32.2. The van der Waals surface area contributed by atoms with E-state index in [0.717, 1.165) is 53.6 Å². The molecule has 2 fully saturated rings. The highest BCUT2D eigenvalue weighted by molar-refractivity contribution is 7.99. The van der Waals surface area contributed by atoms with Crippen LogP contribution in [0.5, 0.6) is 0 Å². The van der Waals surface area contributed by atoms with Gasteiger partial charge in [0.1, 0.15) is 5.76 Å². The molecule has 2 saturated heterocycles. The van der Waals surface area contributed by atoms with Gasteiger partial charge in [-0.15, -0.1) is 0 Å². The number of fused-ring (bicyclic) bond motifs is 2. The molecular weight excluding hydrogens is 538 g/mol. The molecule has 0 radical (unpaired) electrons. The highest BCUT2D eigenvalue weighted by Crippen LogP contribution is 2.45. The van der Waals surface area contributed by atoms with Crippen molar-refractivity contribution < 1.29 is 18.7 Å². The molecule has 1 N–H and O–H groups in total. The summed E-state index contributed by atoms with van der Waals surface area (Å²) in [7, 11) is 0. The average molecular weight is 576 g/mol. The van der Waals surface area contributed by atoms with Crippen LogP contribution in [-0.2, 0) is 20.7 Å². The standard InChI is InChI=1S/C32H37N3O5S/c1-21-8-11-39-22(2)19-34(18-21)20-30(37)33-25-6-7-29-24(15-25)14-23-4-3-5-27(32(23)41-29)28-16-26(36)17-31(40-28)35-9-12-38-13-10-35/h3-7,15-17,21-22H,8-14,18-20H2,1-2H3,(H,33,37)/t21-,22?/m0/s1. The van der Waals surface area contributed by atoms with Gasteiger partial charge in [0.25, 0.3) is 0 Å². The normalized spacial score (nSPS) is 21.4. The fraction of sp³-hybridized carbons (Fsp3) is 0.438. The molecule has 1 unspecified atom stereocenters. The van der Waals surface area contributed by atoms with Crippen molar-refractivity contribution in [2.24, 2.45) is 5.92 Å². The Morgan fingerprint density at radius 2 is 1.88 bits per heavy atom. The van der Waals surface area contributed by atoms with Crippen molar-refractivity contribution in [2.45, 2.75) is 42.6 Å². The van der Waals surface area contributed by atoms with Crippen molar-refractivity contribution >= 4 is 29.2 Å². The number of nitrogens with one attached hydrogen (secondary N) is 1. The maximum Gasteiger partial charge on any atom is 0.238 e. The smallest absolute Gasteiger partial charge is 0.238 e. The number of carbonyl (C=O) groups is 1. The lowest BCUT2D eigenvalue weighted by Gasteiger charge is -2.31. The third kappa shape index (κ3) is 6.70. The Morgan fingerprint density at radius 1 is 1.02 bits per heavy atom. The van der Waals surface area contributed by atoms with Gasteiger partial charge in [0.2, 0.25) is 5.91 Å². The van der Waals surface area contributed by atoms with Gasteiger partial charge in [-0.3, -0.25) is 14.5 Å². The molecule has 0 spiro atoms. The van der Waals surface area contributed by atoms with Crippen LogP contribution < -0.4 is 15.6 Å². The van der Waals surface area contributed by atoms with E-state index in [9.17, 15) is 9.59 Å². The Balaban J connectivity index is 1.18. The van der Waals surface area contributed by atoms with Crippen molar-refractivity contribution in [3.63, 3.8) is 0 Å². The van der Waals surface area contributed by atoms with Crippen molar-refractivity contribution in [1.29, 1.82) is 0 Å². The second-order valence-electron chi connectivity index (χ2n) is 11.3. The van der Waals surface area contributed by atoms with E-state index >= 15 is 0 Å². The third-order valence-corrected chi connectivity index (χ3v) is 9.15. The molecule has 4 heterocycles. The predicted octanol–water partition coefficient (Wildman–Crippen LogP) is 4.88. The quantitative estimate of drug-likeness (QED) is 0.361. The lowest BCUT2D eigenvalue weighted by atomic mass is 10.00. The molecule has 3 aromatic rings. The van der Waals surface area contributed by atoms with E-state index in [1.165, 1.54) is 11.1 Å². The third-order valence-electron chi connectivity index (χ3n) is 7.84. The van der Waals surface area contributed by atoms with E-state index in [4.69, 9.17) is 13.9 Å². The molecule has 0 aliphatic carbocycles. The number of anilines is 2. The molecule has 0 saturated carbocycles. The maximum absolute atomic E-state index is 13.0. The Kier molecular flexibility index (Phi) is 8.48. The van der Waals surface area contributed by atoms with Gasteiger partial charge in [0.15, 0.2) is 11.3 Å². The van der Waals surface area contributed by atoms with Crippen molar-refractivity contribution in [3.05, 3.63) is 69.9 Å². The lowest BCUT2D eigenvalue weighted by molar-refractivity contribution is -0.118. The van der Waals surface area contributed by atoms with E-state index in [-0.39, 0.29) is 17.4 Å². The zero-order valence-electron chi connectivity index (χ0n) is 23.7. The summed E-state index contributed by atoms with van der Waals surface area (Å²) in [5, 5.41) is 3.12. The summed E-state index contributed by atoms with van der Waals surface area (Å²) in [4.78, 5) is 32.1. The van der Waals surface area contributed by atoms with Crippen LogP contribution in [-0.4, -0.2) is 69.5 Å². The van der Waals surface area contributed by atoms with Crippen LogP contribution in [0.2, 0.25) is 0 Å². The van der Waals surface area contributed by atoms with E-state index in [1.54, 1.807) is 23.9 Å². The van der Waals surface area contributed by atoms with Crippen LogP contribution in [0.4, 0.5) is 11.6 Å². The van der Waals surface area contributed by atoms with Crippen molar-refractivity contribution in [3.8, 4) is 11.3 Å². The number of ether oxygens (including phenoxy) is 2. The summed E-state index contributed by atoms with van der Waals surface area (Å²) in [5.41, 5.74) is 4.00. The first-order valence-corrected chi connectivity index (χ1v) is 15.3. The molecule has 3 aliphatic heterocycles. The van der Waals surface area contributed by atoms with Crippen LogP contribution >= 0.6 is 11.8 Å². The SMILES string of the molecule is CC1CN(CC(=O)Nc2ccc3c(c2)Cc2cccc(-c4cc(=O)cc(N5CCOCC5)o4)c2S3)C[C@@H](C)CCO1. The predicted molar refractivity (Wildman–Crippen MR) is 161 cm³/mol. The van der Waals surface area contributed by atoms with Gasteiger partial charge in [0, 0.05) is 66.0 Å². The fourth-order valence-electron chi connectivity index (χ4n) is 5.81. The second-order valence-corrected chi connectivity index (χ2v) is 12.4. The number of carbonyl (C=O) groups excluding carboxylic acids is 1. The number of nitrogens with zero attached hydrogens (tertiary/aromatic N) is 2. The van der Waals surface area contributed by atoms with Gasteiger partial charge in [-0.1, -0.05) is 36.9 Å². The Bertz CT molecular complexity index is 1460. The van der Waals surface area contributed by atoms with Crippen LogP contribution in [0.25, 0.3) is 11.3 Å². The minimum Gasteiger partial charge on any atom is -0.440 e. The summed E-state index contributed by atoms with van der Waals surface area (Å²) < 4.78 is 17.6. The van der Waals surface area contributed by atoms with Gasteiger partial charge < -0.3 is 24.1 Å². The van der Waals surface area contributed by atoms with E-state index in [0.29, 0.717) is 50.4 Å². The number of amides is 1. The Labute approximate surface area is 245 Å². The van der Waals surface area contributed by atoms with E-state index in [1.807, 2.05) is 18.2 Å². The van der Waals surface area contributed by atoms with Crippen molar-refractivity contribution in [1.82, 2.24) is 4.90 Å². The van der Waals surface area contributed by atoms with Crippen LogP contribution in [0.1, 0.15) is 31.4 Å².